The van der Waals surface area contributed by atoms with Gasteiger partial charge in [0.05, 0.1) is 23.2 Å². The van der Waals surface area contributed by atoms with Gasteiger partial charge in [0.15, 0.2) is 0 Å². The molecule has 1 unspecified atom stereocenters. The molecule has 0 bridgehead atoms. The van der Waals surface area contributed by atoms with Crippen molar-refractivity contribution >= 4 is 17.3 Å². The van der Waals surface area contributed by atoms with Crippen LogP contribution in [0.3, 0.4) is 0 Å². The highest BCUT2D eigenvalue weighted by atomic mass is 19.1. The van der Waals surface area contributed by atoms with Gasteiger partial charge in [-0.1, -0.05) is 0 Å². The monoisotopic (exact) mass is 264 g/mol. The second kappa shape index (κ2) is 6.05. The molecule has 1 aromatic rings. The van der Waals surface area contributed by atoms with E-state index in [9.17, 15) is 9.18 Å². The summed E-state index contributed by atoms with van der Waals surface area (Å²) >= 11 is 0. The van der Waals surface area contributed by atoms with E-state index < -0.39 is 11.7 Å². The second-order valence-corrected chi connectivity index (χ2v) is 4.32. The molecule has 0 aliphatic heterocycles. The van der Waals surface area contributed by atoms with Crippen molar-refractivity contribution in [2.75, 3.05) is 23.7 Å². The van der Waals surface area contributed by atoms with Gasteiger partial charge in [0.1, 0.15) is 5.82 Å². The number of hydrogen-bond donors (Lipinski definition) is 2. The number of amides is 1. The van der Waals surface area contributed by atoms with Crippen LogP contribution >= 0.6 is 0 Å². The number of carbonyl (C=O) groups is 1. The zero-order valence-corrected chi connectivity index (χ0v) is 11.0. The van der Waals surface area contributed by atoms with Gasteiger partial charge in [-0.2, -0.15) is 5.26 Å². The van der Waals surface area contributed by atoms with Gasteiger partial charge >= 0.3 is 0 Å². The van der Waals surface area contributed by atoms with E-state index in [4.69, 9.17) is 16.7 Å². The summed E-state index contributed by atoms with van der Waals surface area (Å²) in [6, 6.07) is 4.50. The number of halogens is 1. The van der Waals surface area contributed by atoms with Crippen LogP contribution in [0.1, 0.15) is 24.2 Å². The van der Waals surface area contributed by atoms with Crippen LogP contribution in [0.2, 0.25) is 0 Å². The highest BCUT2D eigenvalue weighted by molar-refractivity contribution is 5.99. The third-order valence-corrected chi connectivity index (χ3v) is 2.82. The first-order valence-corrected chi connectivity index (χ1v) is 5.94. The van der Waals surface area contributed by atoms with Crippen LogP contribution in [0.25, 0.3) is 0 Å². The quantitative estimate of drug-likeness (QED) is 0.787. The van der Waals surface area contributed by atoms with Crippen molar-refractivity contribution < 1.29 is 9.18 Å². The number of carbonyl (C=O) groups excluding carboxylic acids is 1. The molecular formula is C13H17FN4O. The lowest BCUT2D eigenvalue weighted by Crippen LogP contribution is -2.29. The molecule has 102 valence electrons. The number of nitrogens with zero attached hydrogens (tertiary/aromatic N) is 2. The van der Waals surface area contributed by atoms with Crippen LogP contribution in [0.5, 0.6) is 0 Å². The summed E-state index contributed by atoms with van der Waals surface area (Å²) in [4.78, 5) is 12.9. The lowest BCUT2D eigenvalue weighted by Gasteiger charge is -2.25. The van der Waals surface area contributed by atoms with E-state index in [1.165, 1.54) is 6.07 Å². The van der Waals surface area contributed by atoms with Gasteiger partial charge in [0, 0.05) is 18.8 Å². The third kappa shape index (κ3) is 3.35. The highest BCUT2D eigenvalue weighted by Gasteiger charge is 2.17. The number of nitrogens with two attached hydrogens (primary N) is 2. The van der Waals surface area contributed by atoms with Crippen molar-refractivity contribution in [2.45, 2.75) is 13.8 Å². The van der Waals surface area contributed by atoms with E-state index in [2.05, 4.69) is 6.07 Å². The molecule has 0 aliphatic rings. The third-order valence-electron chi connectivity index (χ3n) is 2.82. The van der Waals surface area contributed by atoms with Crippen LogP contribution in [0.4, 0.5) is 15.8 Å². The molecule has 0 fully saturated rings. The van der Waals surface area contributed by atoms with E-state index in [0.717, 1.165) is 6.07 Å². The Bertz CT molecular complexity index is 524. The first kappa shape index (κ1) is 14.8. The Hall–Kier alpha value is -2.29. The zero-order chi connectivity index (χ0) is 14.6. The van der Waals surface area contributed by atoms with E-state index in [1.54, 1.807) is 11.8 Å². The maximum Gasteiger partial charge on any atom is 0.250 e. The summed E-state index contributed by atoms with van der Waals surface area (Å²) in [6.45, 7) is 4.45. The normalized spacial score (nSPS) is 11.7. The van der Waals surface area contributed by atoms with E-state index >= 15 is 0 Å². The number of hydrogen-bond acceptors (Lipinski definition) is 4. The Morgan fingerprint density at radius 2 is 2.21 bits per heavy atom. The lowest BCUT2D eigenvalue weighted by molar-refractivity contribution is 0.100. The summed E-state index contributed by atoms with van der Waals surface area (Å²) in [5.74, 6) is -1.49. The number of rotatable bonds is 5. The Morgan fingerprint density at radius 1 is 1.58 bits per heavy atom. The highest BCUT2D eigenvalue weighted by Crippen LogP contribution is 2.26. The minimum Gasteiger partial charge on any atom is -0.398 e. The smallest absolute Gasteiger partial charge is 0.250 e. The van der Waals surface area contributed by atoms with Crippen LogP contribution in [0.15, 0.2) is 12.1 Å². The molecule has 5 nitrogen and oxygen atoms in total. The fourth-order valence-corrected chi connectivity index (χ4v) is 1.80. The van der Waals surface area contributed by atoms with Gasteiger partial charge in [-0.25, -0.2) is 4.39 Å². The van der Waals surface area contributed by atoms with Crippen LogP contribution in [-0.2, 0) is 0 Å². The van der Waals surface area contributed by atoms with Crippen molar-refractivity contribution in [3.63, 3.8) is 0 Å². The van der Waals surface area contributed by atoms with Crippen molar-refractivity contribution in [3.05, 3.63) is 23.5 Å². The van der Waals surface area contributed by atoms with Crippen molar-refractivity contribution in [3.8, 4) is 6.07 Å². The molecule has 4 N–H and O–H groups in total. The molecule has 0 aliphatic carbocycles. The average molecular weight is 264 g/mol. The van der Waals surface area contributed by atoms with Crippen molar-refractivity contribution in [2.24, 2.45) is 11.7 Å². The summed E-state index contributed by atoms with van der Waals surface area (Å²) in [7, 11) is 0. The fraction of sp³-hybridized carbons (Fsp3) is 0.385. The van der Waals surface area contributed by atoms with Crippen molar-refractivity contribution in [1.29, 1.82) is 5.26 Å². The van der Waals surface area contributed by atoms with Gasteiger partial charge in [-0.15, -0.1) is 0 Å². The standard InChI is InChI=1S/C13H17FN4O/c1-3-18(7-8(2)6-15)12-4-9(13(17)19)11(16)5-10(12)14/h4-5,8H,3,7,16H2,1-2H3,(H2,17,19). The van der Waals surface area contributed by atoms with Gasteiger partial charge in [0.25, 0.3) is 5.91 Å². The van der Waals surface area contributed by atoms with E-state index in [0.29, 0.717) is 13.1 Å². The molecule has 1 atom stereocenters. The minimum atomic E-state index is -0.705. The maximum absolute atomic E-state index is 13.9. The van der Waals surface area contributed by atoms with Gasteiger partial charge < -0.3 is 16.4 Å². The SMILES string of the molecule is CCN(CC(C)C#N)c1cc(C(N)=O)c(N)cc1F. The Labute approximate surface area is 111 Å². The van der Waals surface area contributed by atoms with Crippen LogP contribution in [0, 0.1) is 23.1 Å². The molecule has 0 saturated carbocycles. The lowest BCUT2D eigenvalue weighted by atomic mass is 10.1. The first-order valence-electron chi connectivity index (χ1n) is 5.94. The zero-order valence-electron chi connectivity index (χ0n) is 11.0. The summed E-state index contributed by atoms with van der Waals surface area (Å²) in [5.41, 5.74) is 11.1. The predicted octanol–water partition coefficient (Wildman–Crippen LogP) is 1.49. The summed E-state index contributed by atoms with van der Waals surface area (Å²) in [6.07, 6.45) is 0. The maximum atomic E-state index is 13.9. The average Bonchev–Trinajstić information content (AvgIpc) is 2.35. The predicted molar refractivity (Wildman–Crippen MR) is 72.0 cm³/mol. The number of nitriles is 1. The summed E-state index contributed by atoms with van der Waals surface area (Å²) in [5, 5.41) is 8.82. The molecule has 6 heteroatoms. The first-order chi connectivity index (χ1) is 8.90. The van der Waals surface area contributed by atoms with E-state index in [1.807, 2.05) is 6.92 Å². The molecule has 0 spiro atoms. The van der Waals surface area contributed by atoms with Crippen molar-refractivity contribution in [1.82, 2.24) is 0 Å². The Kier molecular flexibility index (Phi) is 4.70. The second-order valence-electron chi connectivity index (χ2n) is 4.32. The number of anilines is 2. The van der Waals surface area contributed by atoms with E-state index in [-0.39, 0.29) is 22.9 Å². The Balaban J connectivity index is 3.20. The molecular weight excluding hydrogens is 247 g/mol. The molecule has 1 rings (SSSR count). The topological polar surface area (TPSA) is 96.1 Å². The van der Waals surface area contributed by atoms with Gasteiger partial charge in [-0.3, -0.25) is 4.79 Å². The van der Waals surface area contributed by atoms with Gasteiger partial charge in [0.2, 0.25) is 0 Å². The molecule has 0 aromatic heterocycles. The molecule has 19 heavy (non-hydrogen) atoms. The number of nitrogen functional groups attached to an aromatic ring is 1. The number of primary amides is 1. The number of benzene rings is 1. The Morgan fingerprint density at radius 3 is 2.68 bits per heavy atom. The van der Waals surface area contributed by atoms with Crippen LogP contribution in [-0.4, -0.2) is 19.0 Å². The largest absolute Gasteiger partial charge is 0.398 e. The molecule has 0 heterocycles. The fourth-order valence-electron chi connectivity index (χ4n) is 1.80. The van der Waals surface area contributed by atoms with Gasteiger partial charge in [-0.05, 0) is 26.0 Å². The molecule has 1 amide bonds. The molecule has 0 saturated heterocycles. The summed E-state index contributed by atoms with van der Waals surface area (Å²) < 4.78 is 13.9. The van der Waals surface area contributed by atoms with Crippen LogP contribution < -0.4 is 16.4 Å². The molecule has 0 radical (unpaired) electrons. The minimum absolute atomic E-state index is 0.0122. The molecule has 1 aromatic carbocycles.